The monoisotopic (exact) mass is 294 g/mol. The van der Waals surface area contributed by atoms with E-state index in [1.807, 2.05) is 67.6 Å². The number of hydrogen-bond acceptors (Lipinski definition) is 3. The summed E-state index contributed by atoms with van der Waals surface area (Å²) >= 11 is 0. The molecule has 1 heterocycles. The summed E-state index contributed by atoms with van der Waals surface area (Å²) in [4.78, 5) is 8.43. The molecule has 0 saturated heterocycles. The maximum Gasteiger partial charge on any atom is 0.174 e. The van der Waals surface area contributed by atoms with Gasteiger partial charge >= 0.3 is 0 Å². The molecule has 104 valence electrons. The van der Waals surface area contributed by atoms with Crippen LogP contribution in [0.15, 0.2) is 73.1 Å². The van der Waals surface area contributed by atoms with Crippen molar-refractivity contribution in [1.29, 1.82) is 0 Å². The molecule has 0 radical (unpaired) electrons. The largest absolute Gasteiger partial charge is 0.309 e. The Labute approximate surface area is 124 Å². The zero-order valence-corrected chi connectivity index (χ0v) is 12.6. The van der Waals surface area contributed by atoms with E-state index >= 15 is 0 Å². The standard InChI is InChI=1S/C17H15N2OP/c1-14-18-12-17(13-19-14)21(20,15-8-4-2-5-9-15)16-10-6-3-7-11-16/h2-13H,1H3. The van der Waals surface area contributed by atoms with Crippen LogP contribution >= 0.6 is 7.14 Å². The Morgan fingerprint density at radius 3 is 1.57 bits per heavy atom. The molecule has 3 rings (SSSR count). The molecule has 4 heteroatoms. The van der Waals surface area contributed by atoms with E-state index in [0.29, 0.717) is 11.1 Å². The van der Waals surface area contributed by atoms with E-state index in [9.17, 15) is 4.57 Å². The summed E-state index contributed by atoms with van der Waals surface area (Å²) in [6.45, 7) is 1.82. The third kappa shape index (κ3) is 2.53. The number of aromatic nitrogens is 2. The van der Waals surface area contributed by atoms with Gasteiger partial charge in [0.15, 0.2) is 7.14 Å². The van der Waals surface area contributed by atoms with Crippen LogP contribution < -0.4 is 15.9 Å². The minimum Gasteiger partial charge on any atom is -0.309 e. The molecule has 0 N–H and O–H groups in total. The van der Waals surface area contributed by atoms with Gasteiger partial charge in [-0.15, -0.1) is 0 Å². The number of benzene rings is 2. The fraction of sp³-hybridized carbons (Fsp3) is 0.0588. The molecule has 0 aliphatic heterocycles. The molecule has 0 spiro atoms. The van der Waals surface area contributed by atoms with Gasteiger partial charge in [-0.05, 0) is 6.92 Å². The van der Waals surface area contributed by atoms with Gasteiger partial charge in [0, 0.05) is 23.0 Å². The highest BCUT2D eigenvalue weighted by Crippen LogP contribution is 2.41. The number of aryl methyl sites for hydroxylation is 1. The fourth-order valence-corrected chi connectivity index (χ4v) is 4.79. The molecule has 0 aliphatic carbocycles. The Kier molecular flexibility index (Phi) is 3.68. The van der Waals surface area contributed by atoms with Crippen molar-refractivity contribution in [3.8, 4) is 0 Å². The molecule has 21 heavy (non-hydrogen) atoms. The third-order valence-electron chi connectivity index (χ3n) is 3.37. The Hall–Kier alpha value is -2.25. The first-order chi connectivity index (χ1) is 10.2. The lowest BCUT2D eigenvalue weighted by atomic mass is 10.4. The van der Waals surface area contributed by atoms with Crippen LogP contribution in [0.2, 0.25) is 0 Å². The molecular weight excluding hydrogens is 279 g/mol. The van der Waals surface area contributed by atoms with Crippen molar-refractivity contribution in [1.82, 2.24) is 9.97 Å². The van der Waals surface area contributed by atoms with Crippen LogP contribution in [0.4, 0.5) is 0 Å². The fourth-order valence-electron chi connectivity index (χ4n) is 2.27. The Bertz CT molecular complexity index is 727. The molecule has 0 bridgehead atoms. The van der Waals surface area contributed by atoms with E-state index < -0.39 is 7.14 Å². The first-order valence-corrected chi connectivity index (χ1v) is 8.42. The van der Waals surface area contributed by atoms with Crippen molar-refractivity contribution in [2.24, 2.45) is 0 Å². The summed E-state index contributed by atoms with van der Waals surface area (Å²) in [5, 5.41) is 2.25. The number of nitrogens with zero attached hydrogens (tertiary/aromatic N) is 2. The molecule has 2 aromatic carbocycles. The minimum atomic E-state index is -2.92. The first kappa shape index (κ1) is 13.7. The Morgan fingerprint density at radius 1 is 0.714 bits per heavy atom. The maximum absolute atomic E-state index is 13.8. The Morgan fingerprint density at radius 2 is 1.14 bits per heavy atom. The van der Waals surface area contributed by atoms with Crippen molar-refractivity contribution in [2.75, 3.05) is 0 Å². The van der Waals surface area contributed by atoms with Crippen LogP contribution in [-0.4, -0.2) is 9.97 Å². The van der Waals surface area contributed by atoms with E-state index in [1.165, 1.54) is 0 Å². The second-order valence-corrected chi connectivity index (χ2v) is 7.54. The molecule has 3 aromatic rings. The van der Waals surface area contributed by atoms with Crippen LogP contribution in [0.3, 0.4) is 0 Å². The highest BCUT2D eigenvalue weighted by molar-refractivity contribution is 7.85. The van der Waals surface area contributed by atoms with Gasteiger partial charge in [0.1, 0.15) is 5.82 Å². The van der Waals surface area contributed by atoms with Gasteiger partial charge in [-0.25, -0.2) is 9.97 Å². The molecule has 0 fully saturated rings. The van der Waals surface area contributed by atoms with Crippen LogP contribution in [0.25, 0.3) is 0 Å². The summed E-state index contributed by atoms with van der Waals surface area (Å²) in [5.74, 6) is 0.673. The van der Waals surface area contributed by atoms with Gasteiger partial charge < -0.3 is 4.57 Å². The second kappa shape index (κ2) is 5.63. The molecule has 3 nitrogen and oxygen atoms in total. The van der Waals surface area contributed by atoms with Crippen LogP contribution in [0, 0.1) is 6.92 Å². The van der Waals surface area contributed by atoms with Gasteiger partial charge in [0.05, 0.1) is 5.30 Å². The SMILES string of the molecule is Cc1ncc(P(=O)(c2ccccc2)c2ccccc2)cn1. The zero-order valence-electron chi connectivity index (χ0n) is 11.7. The van der Waals surface area contributed by atoms with Crippen molar-refractivity contribution < 1.29 is 4.57 Å². The second-order valence-electron chi connectivity index (χ2n) is 4.77. The average molecular weight is 294 g/mol. The molecule has 1 aromatic heterocycles. The lowest BCUT2D eigenvalue weighted by Crippen LogP contribution is -2.25. The third-order valence-corrected chi connectivity index (χ3v) is 6.38. The van der Waals surface area contributed by atoms with Crippen molar-refractivity contribution in [3.63, 3.8) is 0 Å². The summed E-state index contributed by atoms with van der Waals surface area (Å²) in [6, 6.07) is 19.0. The minimum absolute atomic E-state index is 0.658. The van der Waals surface area contributed by atoms with Gasteiger partial charge in [-0.1, -0.05) is 60.7 Å². The topological polar surface area (TPSA) is 42.9 Å². The Balaban J connectivity index is 2.26. The predicted octanol–water partition coefficient (Wildman–Crippen LogP) is 2.42. The summed E-state index contributed by atoms with van der Waals surface area (Å²) in [7, 11) is -2.92. The zero-order chi connectivity index (χ0) is 14.7. The molecule has 0 aliphatic rings. The molecular formula is C17H15N2OP. The van der Waals surface area contributed by atoms with Crippen LogP contribution in [-0.2, 0) is 4.57 Å². The van der Waals surface area contributed by atoms with Gasteiger partial charge in [0.2, 0.25) is 0 Å². The molecule has 0 amide bonds. The lowest BCUT2D eigenvalue weighted by Gasteiger charge is -2.19. The van der Waals surface area contributed by atoms with Crippen LogP contribution in [0.5, 0.6) is 0 Å². The van der Waals surface area contributed by atoms with E-state index in [2.05, 4.69) is 9.97 Å². The first-order valence-electron chi connectivity index (χ1n) is 6.72. The maximum atomic E-state index is 13.8. The summed E-state index contributed by atoms with van der Waals surface area (Å²) in [5.41, 5.74) is 0. The van der Waals surface area contributed by atoms with Gasteiger partial charge in [-0.3, -0.25) is 0 Å². The normalized spacial score (nSPS) is 11.3. The van der Waals surface area contributed by atoms with Crippen molar-refractivity contribution >= 4 is 23.1 Å². The highest BCUT2D eigenvalue weighted by Gasteiger charge is 2.30. The molecule has 0 atom stereocenters. The van der Waals surface area contributed by atoms with E-state index in [4.69, 9.17) is 0 Å². The smallest absolute Gasteiger partial charge is 0.174 e. The predicted molar refractivity (Wildman–Crippen MR) is 86.2 cm³/mol. The van der Waals surface area contributed by atoms with Crippen molar-refractivity contribution in [3.05, 3.63) is 78.9 Å². The quantitative estimate of drug-likeness (QED) is 0.697. The van der Waals surface area contributed by atoms with Gasteiger partial charge in [-0.2, -0.15) is 0 Å². The summed E-state index contributed by atoms with van der Waals surface area (Å²) in [6.07, 6.45) is 3.34. The highest BCUT2D eigenvalue weighted by atomic mass is 31.2. The van der Waals surface area contributed by atoms with E-state index in [1.54, 1.807) is 12.4 Å². The van der Waals surface area contributed by atoms with Gasteiger partial charge in [0.25, 0.3) is 0 Å². The van der Waals surface area contributed by atoms with E-state index in [-0.39, 0.29) is 0 Å². The van der Waals surface area contributed by atoms with E-state index in [0.717, 1.165) is 10.6 Å². The van der Waals surface area contributed by atoms with Crippen LogP contribution in [0.1, 0.15) is 5.82 Å². The lowest BCUT2D eigenvalue weighted by molar-refractivity contribution is 0.592. The van der Waals surface area contributed by atoms with Crippen molar-refractivity contribution in [2.45, 2.75) is 6.92 Å². The molecule has 0 unspecified atom stereocenters. The number of hydrogen-bond donors (Lipinski definition) is 0. The molecule has 0 saturated carbocycles. The average Bonchev–Trinajstić information content (AvgIpc) is 2.56. The number of rotatable bonds is 3. The summed E-state index contributed by atoms with van der Waals surface area (Å²) < 4.78 is 13.8.